The Bertz CT molecular complexity index is 447. The Balaban J connectivity index is 1.80. The first-order valence-electron chi connectivity index (χ1n) is 6.61. The first kappa shape index (κ1) is 14.3. The molecule has 0 saturated carbocycles. The number of nitrogens with one attached hydrogen (secondary N) is 2. The number of piperidine rings is 1. The number of carbonyl (C=O) groups is 1. The van der Waals surface area contributed by atoms with E-state index in [1.165, 1.54) is 31.0 Å². The predicted molar refractivity (Wildman–Crippen MR) is 74.9 cm³/mol. The Labute approximate surface area is 117 Å². The van der Waals surface area contributed by atoms with Crippen molar-refractivity contribution < 1.29 is 9.18 Å². The van der Waals surface area contributed by atoms with Gasteiger partial charge in [-0.1, -0.05) is 11.6 Å². The molecule has 1 aliphatic rings. The monoisotopic (exact) mass is 284 g/mol. The van der Waals surface area contributed by atoms with Crippen LogP contribution in [0.5, 0.6) is 0 Å². The lowest BCUT2D eigenvalue weighted by Crippen LogP contribution is -2.30. The average Bonchev–Trinajstić information content (AvgIpc) is 2.41. The number of rotatable bonds is 4. The van der Waals surface area contributed by atoms with Crippen LogP contribution in [0.2, 0.25) is 5.02 Å². The van der Waals surface area contributed by atoms with Gasteiger partial charge in [0.2, 0.25) is 5.91 Å². The Hall–Kier alpha value is -1.13. The molecule has 1 atom stereocenters. The van der Waals surface area contributed by atoms with Crippen LogP contribution in [0.1, 0.15) is 25.7 Å². The molecule has 0 aromatic heterocycles. The van der Waals surface area contributed by atoms with Crippen molar-refractivity contribution in [3.05, 3.63) is 29.0 Å². The van der Waals surface area contributed by atoms with Crippen molar-refractivity contribution in [3.63, 3.8) is 0 Å². The highest BCUT2D eigenvalue weighted by Crippen LogP contribution is 2.23. The SMILES string of the molecule is O=C(CCC1CCCNC1)Nc1ccc(F)cc1Cl. The van der Waals surface area contributed by atoms with E-state index in [4.69, 9.17) is 11.6 Å². The summed E-state index contributed by atoms with van der Waals surface area (Å²) in [5.41, 5.74) is 0.467. The molecule has 1 aromatic carbocycles. The van der Waals surface area contributed by atoms with Gasteiger partial charge in [-0.25, -0.2) is 4.39 Å². The van der Waals surface area contributed by atoms with Gasteiger partial charge in [0.1, 0.15) is 5.82 Å². The zero-order chi connectivity index (χ0) is 13.7. The lowest BCUT2D eigenvalue weighted by atomic mass is 9.94. The number of carbonyl (C=O) groups excluding carboxylic acids is 1. The molecule has 0 radical (unpaired) electrons. The molecule has 104 valence electrons. The fraction of sp³-hybridized carbons (Fsp3) is 0.500. The summed E-state index contributed by atoms with van der Waals surface area (Å²) in [4.78, 5) is 11.8. The lowest BCUT2D eigenvalue weighted by Gasteiger charge is -2.22. The van der Waals surface area contributed by atoms with E-state index in [-0.39, 0.29) is 10.9 Å². The highest BCUT2D eigenvalue weighted by molar-refractivity contribution is 6.33. The molecule has 1 amide bonds. The van der Waals surface area contributed by atoms with Crippen molar-refractivity contribution in [2.75, 3.05) is 18.4 Å². The van der Waals surface area contributed by atoms with Gasteiger partial charge in [-0.3, -0.25) is 4.79 Å². The van der Waals surface area contributed by atoms with Gasteiger partial charge in [0, 0.05) is 6.42 Å². The number of hydrogen-bond acceptors (Lipinski definition) is 2. The summed E-state index contributed by atoms with van der Waals surface area (Å²) in [6.07, 6.45) is 3.70. The molecule has 1 saturated heterocycles. The first-order chi connectivity index (χ1) is 9.15. The average molecular weight is 285 g/mol. The van der Waals surface area contributed by atoms with E-state index < -0.39 is 5.82 Å². The van der Waals surface area contributed by atoms with Crippen LogP contribution < -0.4 is 10.6 Å². The van der Waals surface area contributed by atoms with Crippen LogP contribution in [0.25, 0.3) is 0 Å². The molecule has 0 bridgehead atoms. The van der Waals surface area contributed by atoms with Gasteiger partial charge >= 0.3 is 0 Å². The van der Waals surface area contributed by atoms with E-state index in [9.17, 15) is 9.18 Å². The molecule has 1 heterocycles. The Kier molecular flexibility index (Phi) is 5.16. The van der Waals surface area contributed by atoms with Crippen LogP contribution in [0.15, 0.2) is 18.2 Å². The molecular formula is C14H18ClFN2O. The maximum atomic E-state index is 12.9. The van der Waals surface area contributed by atoms with E-state index in [1.54, 1.807) is 0 Å². The highest BCUT2D eigenvalue weighted by atomic mass is 35.5. The molecule has 5 heteroatoms. The molecule has 1 fully saturated rings. The third-order valence-electron chi connectivity index (χ3n) is 3.38. The molecule has 0 aliphatic carbocycles. The summed E-state index contributed by atoms with van der Waals surface area (Å²) in [6.45, 7) is 2.07. The van der Waals surface area contributed by atoms with E-state index in [2.05, 4.69) is 10.6 Å². The van der Waals surface area contributed by atoms with Gasteiger partial charge in [0.25, 0.3) is 0 Å². The summed E-state index contributed by atoms with van der Waals surface area (Å²) in [7, 11) is 0. The minimum absolute atomic E-state index is 0.0703. The Morgan fingerprint density at radius 2 is 2.37 bits per heavy atom. The molecule has 1 unspecified atom stereocenters. The third-order valence-corrected chi connectivity index (χ3v) is 3.70. The van der Waals surface area contributed by atoms with Gasteiger partial charge in [0.05, 0.1) is 10.7 Å². The van der Waals surface area contributed by atoms with E-state index in [0.717, 1.165) is 19.5 Å². The molecule has 2 rings (SSSR count). The Morgan fingerprint density at radius 3 is 3.05 bits per heavy atom. The maximum absolute atomic E-state index is 12.9. The Morgan fingerprint density at radius 1 is 1.53 bits per heavy atom. The zero-order valence-corrected chi connectivity index (χ0v) is 11.5. The van der Waals surface area contributed by atoms with Crippen molar-refractivity contribution in [1.82, 2.24) is 5.32 Å². The maximum Gasteiger partial charge on any atom is 0.224 e. The number of amides is 1. The fourth-order valence-corrected chi connectivity index (χ4v) is 2.52. The minimum atomic E-state index is -0.406. The van der Waals surface area contributed by atoms with Gasteiger partial charge in [-0.15, -0.1) is 0 Å². The molecule has 0 spiro atoms. The summed E-state index contributed by atoms with van der Waals surface area (Å²) in [5.74, 6) is 0.0959. The predicted octanol–water partition coefficient (Wildman–Crippen LogP) is 3.20. The number of benzene rings is 1. The molecule has 3 nitrogen and oxygen atoms in total. The van der Waals surface area contributed by atoms with Gasteiger partial charge in [0.15, 0.2) is 0 Å². The number of hydrogen-bond donors (Lipinski definition) is 2. The number of anilines is 1. The first-order valence-corrected chi connectivity index (χ1v) is 6.98. The van der Waals surface area contributed by atoms with Crippen molar-refractivity contribution in [2.24, 2.45) is 5.92 Å². The normalized spacial score (nSPS) is 19.2. The van der Waals surface area contributed by atoms with Crippen LogP contribution in [0.3, 0.4) is 0 Å². The topological polar surface area (TPSA) is 41.1 Å². The molecule has 19 heavy (non-hydrogen) atoms. The van der Waals surface area contributed by atoms with E-state index >= 15 is 0 Å². The second kappa shape index (κ2) is 6.87. The molecule has 2 N–H and O–H groups in total. The molecule has 1 aromatic rings. The van der Waals surface area contributed by atoms with Gasteiger partial charge in [-0.2, -0.15) is 0 Å². The second-order valence-electron chi connectivity index (χ2n) is 4.92. The molecular weight excluding hydrogens is 267 g/mol. The number of halogens is 2. The van der Waals surface area contributed by atoms with Crippen molar-refractivity contribution in [2.45, 2.75) is 25.7 Å². The minimum Gasteiger partial charge on any atom is -0.325 e. The van der Waals surface area contributed by atoms with Crippen molar-refractivity contribution in [3.8, 4) is 0 Å². The quantitative estimate of drug-likeness (QED) is 0.891. The summed E-state index contributed by atoms with van der Waals surface area (Å²) in [5, 5.41) is 6.28. The second-order valence-corrected chi connectivity index (χ2v) is 5.33. The lowest BCUT2D eigenvalue weighted by molar-refractivity contribution is -0.116. The van der Waals surface area contributed by atoms with Crippen LogP contribution in [0, 0.1) is 11.7 Å². The summed E-state index contributed by atoms with van der Waals surface area (Å²) in [6, 6.07) is 3.96. The molecule has 1 aliphatic heterocycles. The summed E-state index contributed by atoms with van der Waals surface area (Å²) >= 11 is 5.86. The van der Waals surface area contributed by atoms with Gasteiger partial charge < -0.3 is 10.6 Å². The van der Waals surface area contributed by atoms with Crippen LogP contribution >= 0.6 is 11.6 Å². The van der Waals surface area contributed by atoms with Crippen molar-refractivity contribution >= 4 is 23.2 Å². The van der Waals surface area contributed by atoms with Crippen LogP contribution in [-0.2, 0) is 4.79 Å². The third kappa shape index (κ3) is 4.48. The van der Waals surface area contributed by atoms with Crippen molar-refractivity contribution in [1.29, 1.82) is 0 Å². The highest BCUT2D eigenvalue weighted by Gasteiger charge is 2.15. The fourth-order valence-electron chi connectivity index (χ4n) is 2.31. The summed E-state index contributed by atoms with van der Waals surface area (Å²) < 4.78 is 12.9. The van der Waals surface area contributed by atoms with E-state index in [0.29, 0.717) is 18.0 Å². The smallest absolute Gasteiger partial charge is 0.224 e. The standard InChI is InChI=1S/C14H18ClFN2O/c15-12-8-11(16)4-5-13(12)18-14(19)6-3-10-2-1-7-17-9-10/h4-5,8,10,17H,1-3,6-7,9H2,(H,18,19). The van der Waals surface area contributed by atoms with Gasteiger partial charge in [-0.05, 0) is 56.5 Å². The largest absolute Gasteiger partial charge is 0.325 e. The van der Waals surface area contributed by atoms with Crippen LogP contribution in [-0.4, -0.2) is 19.0 Å². The van der Waals surface area contributed by atoms with Crippen LogP contribution in [0.4, 0.5) is 10.1 Å². The zero-order valence-electron chi connectivity index (χ0n) is 10.7. The van der Waals surface area contributed by atoms with E-state index in [1.807, 2.05) is 0 Å².